The molecule has 1 amide bonds. The van der Waals surface area contributed by atoms with Crippen LogP contribution in [0.2, 0.25) is 0 Å². The molecule has 0 radical (unpaired) electrons. The number of carbonyl (C=O) groups is 1. The van der Waals surface area contributed by atoms with E-state index < -0.39 is 17.6 Å². The lowest BCUT2D eigenvalue weighted by molar-refractivity contribution is -0.137. The molecule has 1 heterocycles. The molecule has 0 fully saturated rings. The first-order valence-electron chi connectivity index (χ1n) is 8.13. The minimum atomic E-state index is -4.49. The van der Waals surface area contributed by atoms with Crippen molar-refractivity contribution in [2.45, 2.75) is 19.0 Å². The zero-order chi connectivity index (χ0) is 19.4. The van der Waals surface area contributed by atoms with Gasteiger partial charge in [-0.05, 0) is 42.5 Å². The van der Waals surface area contributed by atoms with Gasteiger partial charge in [0, 0.05) is 24.1 Å². The number of carbonyl (C=O) groups excluding carboxylic acids is 1. The summed E-state index contributed by atoms with van der Waals surface area (Å²) in [4.78, 5) is 11.9. The maximum atomic E-state index is 13.1. The number of anilines is 1. The Labute approximate surface area is 152 Å². The van der Waals surface area contributed by atoms with Crippen molar-refractivity contribution in [1.29, 1.82) is 0 Å². The van der Waals surface area contributed by atoms with Gasteiger partial charge in [0.15, 0.2) is 0 Å². The highest BCUT2D eigenvalue weighted by molar-refractivity contribution is 5.90. The fourth-order valence-corrected chi connectivity index (χ4v) is 2.60. The predicted octanol–water partition coefficient (Wildman–Crippen LogP) is 5.68. The number of alkyl halides is 3. The first-order chi connectivity index (χ1) is 12.8. The van der Waals surface area contributed by atoms with Gasteiger partial charge in [0.2, 0.25) is 5.91 Å². The van der Waals surface area contributed by atoms with E-state index in [9.17, 15) is 22.4 Å². The van der Waals surface area contributed by atoms with Crippen LogP contribution in [0.15, 0.2) is 65.1 Å². The summed E-state index contributed by atoms with van der Waals surface area (Å²) in [6, 6.07) is 13.5. The van der Waals surface area contributed by atoms with E-state index in [2.05, 4.69) is 5.32 Å². The number of amides is 1. The van der Waals surface area contributed by atoms with Gasteiger partial charge in [0.05, 0.1) is 5.56 Å². The second-order valence-corrected chi connectivity index (χ2v) is 5.86. The molecule has 1 N–H and O–H groups in total. The van der Waals surface area contributed by atoms with Crippen molar-refractivity contribution in [1.82, 2.24) is 0 Å². The molecule has 0 aliphatic heterocycles. The van der Waals surface area contributed by atoms with Gasteiger partial charge in [0.1, 0.15) is 17.3 Å². The van der Waals surface area contributed by atoms with Crippen LogP contribution in [0, 0.1) is 5.82 Å². The van der Waals surface area contributed by atoms with E-state index in [1.54, 1.807) is 6.07 Å². The summed E-state index contributed by atoms with van der Waals surface area (Å²) in [5.74, 6) is -0.224. The van der Waals surface area contributed by atoms with Gasteiger partial charge < -0.3 is 9.73 Å². The monoisotopic (exact) mass is 377 g/mol. The van der Waals surface area contributed by atoms with Crippen molar-refractivity contribution in [3.8, 4) is 11.3 Å². The van der Waals surface area contributed by atoms with E-state index in [0.717, 1.165) is 6.07 Å². The Hall–Kier alpha value is -3.09. The van der Waals surface area contributed by atoms with Gasteiger partial charge in [0.25, 0.3) is 0 Å². The van der Waals surface area contributed by atoms with Crippen LogP contribution in [-0.2, 0) is 17.4 Å². The number of benzene rings is 2. The quantitative estimate of drug-likeness (QED) is 0.582. The van der Waals surface area contributed by atoms with Crippen LogP contribution in [0.25, 0.3) is 11.3 Å². The zero-order valence-electron chi connectivity index (χ0n) is 14.0. The SMILES string of the molecule is O=C(CCc1ccc(-c2ccccc2C(F)(F)F)o1)Nc1ccc(F)cc1. The Balaban J connectivity index is 1.65. The molecule has 1 aromatic heterocycles. The smallest absolute Gasteiger partial charge is 0.417 e. The Kier molecular flexibility index (Phi) is 5.30. The first-order valence-corrected chi connectivity index (χ1v) is 8.13. The summed E-state index contributed by atoms with van der Waals surface area (Å²) in [6.07, 6.45) is -4.19. The van der Waals surface area contributed by atoms with Gasteiger partial charge >= 0.3 is 6.18 Å². The molecule has 3 aromatic rings. The number of halogens is 4. The highest BCUT2D eigenvalue weighted by Gasteiger charge is 2.34. The standard InChI is InChI=1S/C20H15F4NO2/c21-13-5-7-14(8-6-13)25-19(26)12-10-15-9-11-18(27-15)16-3-1-2-4-17(16)20(22,23)24/h1-9,11H,10,12H2,(H,25,26). The van der Waals surface area contributed by atoms with E-state index in [0.29, 0.717) is 11.4 Å². The third-order valence-electron chi connectivity index (χ3n) is 3.89. The molecule has 27 heavy (non-hydrogen) atoms. The summed E-state index contributed by atoms with van der Waals surface area (Å²) < 4.78 is 57.7. The molecule has 2 aromatic carbocycles. The number of hydrogen-bond donors (Lipinski definition) is 1. The molecule has 0 unspecified atom stereocenters. The van der Waals surface area contributed by atoms with Gasteiger partial charge in [-0.25, -0.2) is 4.39 Å². The van der Waals surface area contributed by atoms with Crippen LogP contribution >= 0.6 is 0 Å². The summed E-state index contributed by atoms with van der Waals surface area (Å²) in [5, 5.41) is 2.61. The molecule has 140 valence electrons. The number of aryl methyl sites for hydroxylation is 1. The highest BCUT2D eigenvalue weighted by Crippen LogP contribution is 2.37. The minimum absolute atomic E-state index is 0.0491. The molecule has 0 saturated heterocycles. The molecular weight excluding hydrogens is 362 g/mol. The normalized spacial score (nSPS) is 11.4. The lowest BCUT2D eigenvalue weighted by Crippen LogP contribution is -2.12. The molecular formula is C20H15F4NO2. The molecule has 3 rings (SSSR count). The molecule has 0 aliphatic carbocycles. The average molecular weight is 377 g/mol. The Morgan fingerprint density at radius 2 is 1.67 bits per heavy atom. The van der Waals surface area contributed by atoms with E-state index >= 15 is 0 Å². The van der Waals surface area contributed by atoms with Crippen molar-refractivity contribution < 1.29 is 26.8 Å². The van der Waals surface area contributed by atoms with Crippen molar-refractivity contribution in [3.63, 3.8) is 0 Å². The van der Waals surface area contributed by atoms with Crippen LogP contribution in [0.1, 0.15) is 17.7 Å². The third-order valence-corrected chi connectivity index (χ3v) is 3.89. The molecule has 0 bridgehead atoms. The van der Waals surface area contributed by atoms with Crippen LogP contribution in [0.4, 0.5) is 23.2 Å². The van der Waals surface area contributed by atoms with Crippen LogP contribution in [0.5, 0.6) is 0 Å². The van der Waals surface area contributed by atoms with Crippen molar-refractivity contribution in [2.75, 3.05) is 5.32 Å². The number of nitrogens with one attached hydrogen (secondary N) is 1. The summed E-state index contributed by atoms with van der Waals surface area (Å²) in [6.45, 7) is 0. The predicted molar refractivity (Wildman–Crippen MR) is 92.5 cm³/mol. The summed E-state index contributed by atoms with van der Waals surface area (Å²) in [5.41, 5.74) is -0.368. The summed E-state index contributed by atoms with van der Waals surface area (Å²) in [7, 11) is 0. The molecule has 3 nitrogen and oxygen atoms in total. The molecule has 0 spiro atoms. The lowest BCUT2D eigenvalue weighted by atomic mass is 10.1. The second-order valence-electron chi connectivity index (χ2n) is 5.86. The highest BCUT2D eigenvalue weighted by atomic mass is 19.4. The molecule has 0 saturated carbocycles. The largest absolute Gasteiger partial charge is 0.461 e. The van der Waals surface area contributed by atoms with E-state index in [4.69, 9.17) is 4.42 Å². The Morgan fingerprint density at radius 1 is 0.963 bits per heavy atom. The topological polar surface area (TPSA) is 42.2 Å². The first kappa shape index (κ1) is 18.7. The summed E-state index contributed by atoms with van der Waals surface area (Å²) >= 11 is 0. The van der Waals surface area contributed by atoms with Crippen molar-refractivity contribution in [2.24, 2.45) is 0 Å². The minimum Gasteiger partial charge on any atom is -0.461 e. The number of rotatable bonds is 5. The van der Waals surface area contributed by atoms with E-state index in [-0.39, 0.29) is 30.1 Å². The van der Waals surface area contributed by atoms with Crippen LogP contribution in [0.3, 0.4) is 0 Å². The zero-order valence-corrected chi connectivity index (χ0v) is 14.0. The third kappa shape index (κ3) is 4.75. The van der Waals surface area contributed by atoms with Gasteiger partial charge in [-0.15, -0.1) is 0 Å². The average Bonchev–Trinajstić information content (AvgIpc) is 3.10. The van der Waals surface area contributed by atoms with Crippen LogP contribution in [-0.4, -0.2) is 5.91 Å². The molecule has 0 aliphatic rings. The number of hydrogen-bond acceptors (Lipinski definition) is 2. The van der Waals surface area contributed by atoms with E-state index in [1.165, 1.54) is 48.5 Å². The molecule has 0 atom stereocenters. The van der Waals surface area contributed by atoms with Crippen molar-refractivity contribution in [3.05, 3.63) is 77.8 Å². The lowest BCUT2D eigenvalue weighted by Gasteiger charge is -2.10. The fourth-order valence-electron chi connectivity index (χ4n) is 2.60. The van der Waals surface area contributed by atoms with E-state index in [1.807, 2.05) is 0 Å². The van der Waals surface area contributed by atoms with Crippen molar-refractivity contribution >= 4 is 11.6 Å². The maximum absolute atomic E-state index is 13.1. The van der Waals surface area contributed by atoms with Crippen LogP contribution < -0.4 is 5.32 Å². The van der Waals surface area contributed by atoms with Gasteiger partial charge in [-0.1, -0.05) is 18.2 Å². The fraction of sp³-hybridized carbons (Fsp3) is 0.150. The Bertz CT molecular complexity index is 930. The maximum Gasteiger partial charge on any atom is 0.417 e. The van der Waals surface area contributed by atoms with Gasteiger partial charge in [-0.2, -0.15) is 13.2 Å². The number of furan rings is 1. The molecule has 7 heteroatoms. The second kappa shape index (κ2) is 7.65. The Morgan fingerprint density at radius 3 is 2.37 bits per heavy atom. The van der Waals surface area contributed by atoms with Gasteiger partial charge in [-0.3, -0.25) is 4.79 Å².